The summed E-state index contributed by atoms with van der Waals surface area (Å²) in [7, 11) is 0. The number of halogens is 1. The highest BCUT2D eigenvalue weighted by molar-refractivity contribution is 6.31. The van der Waals surface area contributed by atoms with Crippen molar-refractivity contribution in [3.63, 3.8) is 0 Å². The summed E-state index contributed by atoms with van der Waals surface area (Å²) in [6.07, 6.45) is 0. The normalized spacial score (nSPS) is 20.6. The van der Waals surface area contributed by atoms with Crippen molar-refractivity contribution in [2.75, 3.05) is 37.6 Å². The van der Waals surface area contributed by atoms with Crippen LogP contribution in [0.5, 0.6) is 0 Å². The van der Waals surface area contributed by atoms with Crippen molar-refractivity contribution in [3.8, 4) is 0 Å². The molecule has 110 valence electrons. The van der Waals surface area contributed by atoms with Gasteiger partial charge >= 0.3 is 0 Å². The summed E-state index contributed by atoms with van der Waals surface area (Å²) in [4.78, 5) is 20.2. The maximum atomic E-state index is 11.4. The predicted octanol–water partition coefficient (Wildman–Crippen LogP) is 1.10. The number of amides is 1. The summed E-state index contributed by atoms with van der Waals surface area (Å²) in [5.74, 6) is 0.108. The molecule has 0 radical (unpaired) electrons. The van der Waals surface area contributed by atoms with Crippen LogP contribution in [0.2, 0.25) is 5.02 Å². The Kier molecular flexibility index (Phi) is 3.01. The number of hydrogen-bond donors (Lipinski definition) is 1. The molecule has 4 rings (SSSR count). The number of piperazine rings is 1. The van der Waals surface area contributed by atoms with Crippen LogP contribution in [0.3, 0.4) is 0 Å². The lowest BCUT2D eigenvalue weighted by atomic mass is 10.1. The molecule has 2 fully saturated rings. The van der Waals surface area contributed by atoms with Gasteiger partial charge in [-0.15, -0.1) is 0 Å². The number of nitrogens with one attached hydrogen (secondary N) is 1. The Morgan fingerprint density at radius 2 is 2.24 bits per heavy atom. The van der Waals surface area contributed by atoms with E-state index >= 15 is 0 Å². The highest BCUT2D eigenvalue weighted by Gasteiger charge is 2.36. The molecule has 0 spiro atoms. The van der Waals surface area contributed by atoms with E-state index < -0.39 is 0 Å². The Labute approximate surface area is 126 Å². The first-order valence-corrected chi connectivity index (χ1v) is 7.38. The van der Waals surface area contributed by atoms with E-state index in [1.165, 1.54) is 0 Å². The summed E-state index contributed by atoms with van der Waals surface area (Å²) in [5.41, 5.74) is 1.52. The zero-order chi connectivity index (χ0) is 14.4. The molecule has 2 aliphatic rings. The molecule has 1 N–H and O–H groups in total. The van der Waals surface area contributed by atoms with E-state index in [9.17, 15) is 4.79 Å². The molecular weight excluding hydrogens is 292 g/mol. The van der Waals surface area contributed by atoms with Gasteiger partial charge < -0.3 is 14.6 Å². The Morgan fingerprint density at radius 1 is 1.38 bits per heavy atom. The molecule has 0 atom stereocenters. The largest absolute Gasteiger partial charge is 0.423 e. The first kappa shape index (κ1) is 12.9. The van der Waals surface area contributed by atoms with Crippen LogP contribution in [0.25, 0.3) is 11.1 Å². The van der Waals surface area contributed by atoms with E-state index in [1.54, 1.807) is 12.1 Å². The molecule has 0 unspecified atom stereocenters. The second-order valence-corrected chi connectivity index (χ2v) is 5.92. The molecule has 3 heterocycles. The maximum absolute atomic E-state index is 11.4. The van der Waals surface area contributed by atoms with Gasteiger partial charge in [0, 0.05) is 37.2 Å². The summed E-state index contributed by atoms with van der Waals surface area (Å²) in [6, 6.07) is 6.46. The molecule has 2 aromatic rings. The molecule has 21 heavy (non-hydrogen) atoms. The van der Waals surface area contributed by atoms with E-state index in [2.05, 4.69) is 20.1 Å². The average molecular weight is 307 g/mol. The quantitative estimate of drug-likeness (QED) is 0.900. The van der Waals surface area contributed by atoms with Crippen LogP contribution in [0, 0.1) is 0 Å². The minimum absolute atomic E-state index is 0.108. The second-order valence-electron chi connectivity index (χ2n) is 5.49. The number of benzene rings is 1. The van der Waals surface area contributed by atoms with Gasteiger partial charge in [0.15, 0.2) is 5.58 Å². The zero-order valence-corrected chi connectivity index (χ0v) is 12.1. The number of carbonyl (C=O) groups excluding carboxylic acids is 1. The van der Waals surface area contributed by atoms with Gasteiger partial charge in [-0.05, 0) is 18.2 Å². The molecule has 1 aromatic heterocycles. The number of fused-ring (bicyclic) bond motifs is 1. The summed E-state index contributed by atoms with van der Waals surface area (Å²) >= 11 is 5.95. The summed E-state index contributed by atoms with van der Waals surface area (Å²) in [6.45, 7) is 3.81. The number of oxazole rings is 1. The van der Waals surface area contributed by atoms with Crippen molar-refractivity contribution in [1.29, 1.82) is 0 Å². The van der Waals surface area contributed by atoms with Crippen LogP contribution >= 0.6 is 11.6 Å². The molecule has 2 saturated heterocycles. The molecular formula is C14H15ClN4O2. The van der Waals surface area contributed by atoms with Gasteiger partial charge in [-0.2, -0.15) is 4.98 Å². The smallest absolute Gasteiger partial charge is 0.298 e. The molecule has 1 aromatic carbocycles. The third-order valence-electron chi connectivity index (χ3n) is 4.06. The third kappa shape index (κ3) is 2.34. The second kappa shape index (κ2) is 4.89. The number of aromatic nitrogens is 1. The van der Waals surface area contributed by atoms with E-state index in [0.29, 0.717) is 23.6 Å². The molecule has 2 aliphatic heterocycles. The summed E-state index contributed by atoms with van der Waals surface area (Å²) < 4.78 is 5.74. The van der Waals surface area contributed by atoms with Gasteiger partial charge in [-0.25, -0.2) is 0 Å². The Bertz CT molecular complexity index is 695. The Balaban J connectivity index is 1.45. The van der Waals surface area contributed by atoms with E-state index in [-0.39, 0.29) is 5.91 Å². The molecule has 6 nitrogen and oxygen atoms in total. The number of rotatable bonds is 2. The predicted molar refractivity (Wildman–Crippen MR) is 79.6 cm³/mol. The first-order valence-electron chi connectivity index (χ1n) is 7.01. The first-order chi connectivity index (χ1) is 10.2. The standard InChI is InChI=1S/C14H15ClN4O2/c15-9-1-2-12-11(5-9)17-14(21-12)19-6-10(7-19)18-4-3-16-13(20)8-18/h1-2,5,10H,3-4,6-8H2,(H,16,20). The maximum Gasteiger partial charge on any atom is 0.298 e. The van der Waals surface area contributed by atoms with Gasteiger partial charge in [0.2, 0.25) is 5.91 Å². The summed E-state index contributed by atoms with van der Waals surface area (Å²) in [5, 5.41) is 3.50. The molecule has 1 amide bonds. The van der Waals surface area contributed by atoms with Crippen LogP contribution in [-0.2, 0) is 4.79 Å². The Hall–Kier alpha value is -1.79. The van der Waals surface area contributed by atoms with Gasteiger partial charge in [-0.3, -0.25) is 9.69 Å². The van der Waals surface area contributed by atoms with E-state index in [4.69, 9.17) is 16.0 Å². The van der Waals surface area contributed by atoms with Crippen molar-refractivity contribution < 1.29 is 9.21 Å². The fourth-order valence-corrected chi connectivity index (χ4v) is 3.00. The lowest BCUT2D eigenvalue weighted by molar-refractivity contribution is -0.125. The number of nitrogens with zero attached hydrogens (tertiary/aromatic N) is 3. The van der Waals surface area contributed by atoms with Crippen molar-refractivity contribution in [2.45, 2.75) is 6.04 Å². The number of carbonyl (C=O) groups is 1. The van der Waals surface area contributed by atoms with Crippen molar-refractivity contribution in [2.24, 2.45) is 0 Å². The monoisotopic (exact) mass is 306 g/mol. The lowest BCUT2D eigenvalue weighted by Crippen LogP contribution is -2.64. The lowest BCUT2D eigenvalue weighted by Gasteiger charge is -2.45. The van der Waals surface area contributed by atoms with Gasteiger partial charge in [0.05, 0.1) is 6.54 Å². The minimum atomic E-state index is 0.108. The number of anilines is 1. The molecule has 7 heteroatoms. The van der Waals surface area contributed by atoms with Crippen LogP contribution in [0.15, 0.2) is 22.6 Å². The van der Waals surface area contributed by atoms with Crippen LogP contribution < -0.4 is 10.2 Å². The number of hydrogen-bond acceptors (Lipinski definition) is 5. The Morgan fingerprint density at radius 3 is 3.05 bits per heavy atom. The highest BCUT2D eigenvalue weighted by Crippen LogP contribution is 2.28. The van der Waals surface area contributed by atoms with Gasteiger partial charge in [-0.1, -0.05) is 11.6 Å². The van der Waals surface area contributed by atoms with Crippen molar-refractivity contribution >= 4 is 34.6 Å². The fourth-order valence-electron chi connectivity index (χ4n) is 2.84. The molecule has 0 saturated carbocycles. The highest BCUT2D eigenvalue weighted by atomic mass is 35.5. The third-order valence-corrected chi connectivity index (χ3v) is 4.29. The van der Waals surface area contributed by atoms with Crippen molar-refractivity contribution in [3.05, 3.63) is 23.2 Å². The SMILES string of the molecule is O=C1CN(C2CN(c3nc4cc(Cl)ccc4o3)C2)CCN1. The zero-order valence-electron chi connectivity index (χ0n) is 11.4. The average Bonchev–Trinajstić information content (AvgIpc) is 2.79. The fraction of sp³-hybridized carbons (Fsp3) is 0.429. The minimum Gasteiger partial charge on any atom is -0.423 e. The molecule has 0 aliphatic carbocycles. The van der Waals surface area contributed by atoms with Crippen LogP contribution in [-0.4, -0.2) is 54.6 Å². The van der Waals surface area contributed by atoms with Gasteiger partial charge in [0.25, 0.3) is 6.01 Å². The topological polar surface area (TPSA) is 61.6 Å². The molecule has 0 bridgehead atoms. The van der Waals surface area contributed by atoms with Crippen LogP contribution in [0.1, 0.15) is 0 Å². The van der Waals surface area contributed by atoms with E-state index in [1.807, 2.05) is 6.07 Å². The van der Waals surface area contributed by atoms with E-state index in [0.717, 1.165) is 37.3 Å². The van der Waals surface area contributed by atoms with Crippen molar-refractivity contribution in [1.82, 2.24) is 15.2 Å². The van der Waals surface area contributed by atoms with Gasteiger partial charge in [0.1, 0.15) is 5.52 Å². The van der Waals surface area contributed by atoms with Crippen LogP contribution in [0.4, 0.5) is 6.01 Å².